The minimum Gasteiger partial charge on any atom is -0.397 e. The molecule has 3 nitrogen and oxygen atoms in total. The Morgan fingerprint density at radius 3 is 2.67 bits per heavy atom. The third-order valence-electron chi connectivity index (χ3n) is 4.76. The molecule has 0 bridgehead atoms. The first kappa shape index (κ1) is 16.2. The van der Waals surface area contributed by atoms with E-state index in [-0.39, 0.29) is 0 Å². The van der Waals surface area contributed by atoms with Crippen molar-refractivity contribution in [3.8, 4) is 0 Å². The number of anilines is 2. The van der Waals surface area contributed by atoms with Gasteiger partial charge in [-0.2, -0.15) is 0 Å². The summed E-state index contributed by atoms with van der Waals surface area (Å²) in [6, 6.07) is 6.60. The normalized spacial score (nSPS) is 16.7. The molecule has 1 aliphatic heterocycles. The van der Waals surface area contributed by atoms with Gasteiger partial charge in [-0.3, -0.25) is 0 Å². The number of nitrogen functional groups attached to an aromatic ring is 1. The smallest absolute Gasteiger partial charge is 0.0602 e. The first-order chi connectivity index (χ1) is 10.1. The van der Waals surface area contributed by atoms with Crippen molar-refractivity contribution in [1.29, 1.82) is 0 Å². The molecule has 3 heteroatoms. The van der Waals surface area contributed by atoms with E-state index in [9.17, 15) is 0 Å². The molecule has 1 heterocycles. The van der Waals surface area contributed by atoms with Crippen molar-refractivity contribution in [2.45, 2.75) is 39.5 Å². The van der Waals surface area contributed by atoms with Crippen LogP contribution in [0, 0.1) is 5.92 Å². The standard InChI is InChI=1S/C18H31N3/c1-4-20(3)11-5-6-16-7-8-17(19)18(14-16)21-12-9-15(2)10-13-21/h7-8,14-15H,4-6,9-13,19H2,1-3H3. The first-order valence-corrected chi connectivity index (χ1v) is 8.42. The second-order valence-electron chi connectivity index (χ2n) is 6.56. The van der Waals surface area contributed by atoms with Crippen molar-refractivity contribution in [3.63, 3.8) is 0 Å². The van der Waals surface area contributed by atoms with Gasteiger partial charge in [-0.05, 0) is 69.4 Å². The lowest BCUT2D eigenvalue weighted by atomic mass is 9.98. The molecule has 0 aromatic heterocycles. The van der Waals surface area contributed by atoms with Crippen molar-refractivity contribution in [2.75, 3.05) is 43.9 Å². The molecule has 0 aliphatic carbocycles. The molecule has 0 atom stereocenters. The molecule has 0 radical (unpaired) electrons. The van der Waals surface area contributed by atoms with E-state index in [1.807, 2.05) is 0 Å². The van der Waals surface area contributed by atoms with Gasteiger partial charge in [0.1, 0.15) is 0 Å². The van der Waals surface area contributed by atoms with Gasteiger partial charge in [0, 0.05) is 13.1 Å². The van der Waals surface area contributed by atoms with Crippen LogP contribution in [-0.4, -0.2) is 38.1 Å². The largest absolute Gasteiger partial charge is 0.397 e. The Balaban J connectivity index is 1.96. The summed E-state index contributed by atoms with van der Waals surface area (Å²) in [7, 11) is 2.18. The van der Waals surface area contributed by atoms with Gasteiger partial charge in [0.15, 0.2) is 0 Å². The molecule has 1 aromatic rings. The highest BCUT2D eigenvalue weighted by Gasteiger charge is 2.17. The SMILES string of the molecule is CCN(C)CCCc1ccc(N)c(N2CCC(C)CC2)c1. The molecule has 0 amide bonds. The Labute approximate surface area is 130 Å². The molecule has 0 saturated carbocycles. The highest BCUT2D eigenvalue weighted by Crippen LogP contribution is 2.29. The van der Waals surface area contributed by atoms with Crippen LogP contribution in [0.3, 0.4) is 0 Å². The lowest BCUT2D eigenvalue weighted by Gasteiger charge is -2.33. The lowest BCUT2D eigenvalue weighted by Crippen LogP contribution is -2.33. The van der Waals surface area contributed by atoms with Crippen LogP contribution in [0.25, 0.3) is 0 Å². The summed E-state index contributed by atoms with van der Waals surface area (Å²) in [6.07, 6.45) is 4.92. The molecule has 0 unspecified atom stereocenters. The molecule has 1 aliphatic rings. The zero-order chi connectivity index (χ0) is 15.2. The summed E-state index contributed by atoms with van der Waals surface area (Å²) in [5.41, 5.74) is 9.80. The average Bonchev–Trinajstić information content (AvgIpc) is 2.49. The molecule has 118 valence electrons. The molecular formula is C18H31N3. The number of nitrogens with two attached hydrogens (primary N) is 1. The second kappa shape index (κ2) is 7.69. The maximum atomic E-state index is 6.20. The topological polar surface area (TPSA) is 32.5 Å². The number of hydrogen-bond acceptors (Lipinski definition) is 3. The minimum absolute atomic E-state index is 0.857. The van der Waals surface area contributed by atoms with Crippen LogP contribution in [0.5, 0.6) is 0 Å². The first-order valence-electron chi connectivity index (χ1n) is 8.42. The van der Waals surface area contributed by atoms with Crippen LogP contribution < -0.4 is 10.6 Å². The van der Waals surface area contributed by atoms with Crippen LogP contribution in [0.2, 0.25) is 0 Å². The molecule has 21 heavy (non-hydrogen) atoms. The maximum Gasteiger partial charge on any atom is 0.0602 e. The number of nitrogens with zero attached hydrogens (tertiary/aromatic N) is 2. The Hall–Kier alpha value is -1.22. The lowest BCUT2D eigenvalue weighted by molar-refractivity contribution is 0.347. The predicted octanol–water partition coefficient (Wildman–Crippen LogP) is 3.39. The van der Waals surface area contributed by atoms with Gasteiger partial charge in [0.05, 0.1) is 11.4 Å². The third-order valence-corrected chi connectivity index (χ3v) is 4.76. The molecular weight excluding hydrogens is 258 g/mol. The zero-order valence-corrected chi connectivity index (χ0v) is 13.9. The molecule has 1 saturated heterocycles. The Morgan fingerprint density at radius 1 is 1.29 bits per heavy atom. The number of hydrogen-bond donors (Lipinski definition) is 1. The van der Waals surface area contributed by atoms with Crippen LogP contribution in [0.15, 0.2) is 18.2 Å². The summed E-state index contributed by atoms with van der Waals surface area (Å²) in [6.45, 7) is 9.14. The van der Waals surface area contributed by atoms with Crippen molar-refractivity contribution < 1.29 is 0 Å². The van der Waals surface area contributed by atoms with Crippen LogP contribution >= 0.6 is 0 Å². The summed E-state index contributed by atoms with van der Waals surface area (Å²) in [4.78, 5) is 4.83. The fraction of sp³-hybridized carbons (Fsp3) is 0.667. The summed E-state index contributed by atoms with van der Waals surface area (Å²) >= 11 is 0. The Morgan fingerprint density at radius 2 is 2.00 bits per heavy atom. The molecule has 0 spiro atoms. The fourth-order valence-electron chi connectivity index (χ4n) is 2.98. The predicted molar refractivity (Wildman–Crippen MR) is 93.0 cm³/mol. The summed E-state index contributed by atoms with van der Waals surface area (Å²) in [5, 5.41) is 0. The fourth-order valence-corrected chi connectivity index (χ4v) is 2.98. The van der Waals surface area contributed by atoms with E-state index in [0.717, 1.165) is 44.2 Å². The van der Waals surface area contributed by atoms with E-state index in [2.05, 4.69) is 48.9 Å². The highest BCUT2D eigenvalue weighted by atomic mass is 15.1. The van der Waals surface area contributed by atoms with Crippen molar-refractivity contribution >= 4 is 11.4 Å². The monoisotopic (exact) mass is 289 g/mol. The van der Waals surface area contributed by atoms with Gasteiger partial charge < -0.3 is 15.5 Å². The van der Waals surface area contributed by atoms with Gasteiger partial charge in [-0.15, -0.1) is 0 Å². The van der Waals surface area contributed by atoms with Gasteiger partial charge in [-0.25, -0.2) is 0 Å². The van der Waals surface area contributed by atoms with Gasteiger partial charge in [-0.1, -0.05) is 19.9 Å². The summed E-state index contributed by atoms with van der Waals surface area (Å²) in [5.74, 6) is 0.857. The zero-order valence-electron chi connectivity index (χ0n) is 13.9. The Kier molecular flexibility index (Phi) is 5.92. The van der Waals surface area contributed by atoms with E-state index < -0.39 is 0 Å². The van der Waals surface area contributed by atoms with Crippen molar-refractivity contribution in [3.05, 3.63) is 23.8 Å². The average molecular weight is 289 g/mol. The van der Waals surface area contributed by atoms with Crippen LogP contribution in [0.4, 0.5) is 11.4 Å². The number of piperidine rings is 1. The van der Waals surface area contributed by atoms with E-state index >= 15 is 0 Å². The highest BCUT2D eigenvalue weighted by molar-refractivity contribution is 5.68. The number of benzene rings is 1. The molecule has 1 aromatic carbocycles. The van der Waals surface area contributed by atoms with Crippen molar-refractivity contribution in [2.24, 2.45) is 5.92 Å². The molecule has 2 N–H and O–H groups in total. The minimum atomic E-state index is 0.857. The van der Waals surface area contributed by atoms with Crippen LogP contribution in [-0.2, 0) is 6.42 Å². The quantitative estimate of drug-likeness (QED) is 0.815. The number of aryl methyl sites for hydroxylation is 1. The van der Waals surface area contributed by atoms with E-state index in [0.29, 0.717) is 0 Å². The van der Waals surface area contributed by atoms with Crippen LogP contribution in [0.1, 0.15) is 38.7 Å². The van der Waals surface area contributed by atoms with Gasteiger partial charge >= 0.3 is 0 Å². The van der Waals surface area contributed by atoms with E-state index in [1.165, 1.54) is 30.5 Å². The Bertz CT molecular complexity index is 436. The second-order valence-corrected chi connectivity index (χ2v) is 6.56. The van der Waals surface area contributed by atoms with Gasteiger partial charge in [0.2, 0.25) is 0 Å². The molecule has 1 fully saturated rings. The van der Waals surface area contributed by atoms with E-state index in [4.69, 9.17) is 5.73 Å². The number of rotatable bonds is 6. The van der Waals surface area contributed by atoms with Gasteiger partial charge in [0.25, 0.3) is 0 Å². The van der Waals surface area contributed by atoms with E-state index in [1.54, 1.807) is 0 Å². The third kappa shape index (κ3) is 4.63. The maximum absolute atomic E-state index is 6.20. The molecule has 2 rings (SSSR count). The van der Waals surface area contributed by atoms with Crippen molar-refractivity contribution in [1.82, 2.24) is 4.90 Å². The summed E-state index contributed by atoms with van der Waals surface area (Å²) < 4.78 is 0.